The van der Waals surface area contributed by atoms with Gasteiger partial charge in [0.05, 0.1) is 41.0 Å². The zero-order valence-electron chi connectivity index (χ0n) is 23.3. The quantitative estimate of drug-likeness (QED) is 0.276. The van der Waals surface area contributed by atoms with Crippen molar-refractivity contribution in [3.63, 3.8) is 0 Å². The molecule has 1 saturated carbocycles. The number of Topliss-reactive ketones (excluding diaryl/α,β-unsaturated/α-hetero) is 1. The first-order valence-corrected chi connectivity index (χ1v) is 13.6. The van der Waals surface area contributed by atoms with Crippen molar-refractivity contribution in [1.29, 1.82) is 0 Å². The van der Waals surface area contributed by atoms with Crippen LogP contribution in [0.3, 0.4) is 0 Å². The number of phenols is 2. The fraction of sp³-hybridized carbons (Fsp3) is 0.483. The number of nitrogens with zero attached hydrogens (tertiary/aromatic N) is 1. The van der Waals surface area contributed by atoms with Crippen molar-refractivity contribution in [3.8, 4) is 11.5 Å². The van der Waals surface area contributed by atoms with Gasteiger partial charge in [-0.25, -0.2) is 0 Å². The zero-order valence-corrected chi connectivity index (χ0v) is 23.3. The molecule has 2 aromatic rings. The van der Waals surface area contributed by atoms with Gasteiger partial charge < -0.3 is 30.5 Å². The number of hydrogen-bond acceptors (Lipinski definition) is 10. The second kappa shape index (κ2) is 10.4. The number of nitrogens with one attached hydrogen (secondary N) is 1. The Morgan fingerprint density at radius 1 is 1.12 bits per heavy atom. The monoisotopic (exact) mass is 606 g/mol. The van der Waals surface area contributed by atoms with Gasteiger partial charge in [0.25, 0.3) is 0 Å². The van der Waals surface area contributed by atoms with E-state index in [1.54, 1.807) is 19.2 Å². The first-order chi connectivity index (χ1) is 19.9. The van der Waals surface area contributed by atoms with E-state index in [0.29, 0.717) is 5.56 Å². The smallest absolute Gasteiger partial charge is 0.471 e. The minimum absolute atomic E-state index is 0.0818. The van der Waals surface area contributed by atoms with Crippen LogP contribution in [-0.4, -0.2) is 78.7 Å². The fourth-order valence-electron chi connectivity index (χ4n) is 6.24. The van der Waals surface area contributed by atoms with E-state index < -0.39 is 101 Å². The Morgan fingerprint density at radius 3 is 2.40 bits per heavy atom. The summed E-state index contributed by atoms with van der Waals surface area (Å²) in [6.45, 7) is 4.37. The standard InChI is InChI=1S/C29H29F3N2O9/c1-10-4-13-22(33-9-10)26(40)21-20(23(13)37)25(39)19-14(24(21)38)7-28(42,12(3)35)8-18(19)43-17-6-15(16(36)5-11(17)2)34-27(41)29(30,31)32/h4,9,11,15-18,36,38-39,42H,5-8H2,1-3H3,(H,34,41)/t11-,15?,16?,17?,18?,28?/m0/s1. The molecule has 43 heavy (non-hydrogen) atoms. The van der Waals surface area contributed by atoms with Crippen LogP contribution in [0.15, 0.2) is 12.3 Å². The lowest BCUT2D eigenvalue weighted by Crippen LogP contribution is -2.54. The van der Waals surface area contributed by atoms with Crippen LogP contribution < -0.4 is 5.32 Å². The number of aryl methyl sites for hydroxylation is 1. The number of phenolic OH excluding ortho intramolecular Hbond substituents is 2. The van der Waals surface area contributed by atoms with Gasteiger partial charge in [-0.15, -0.1) is 0 Å². The first kappa shape index (κ1) is 30.6. The lowest BCUT2D eigenvalue weighted by Gasteiger charge is -2.43. The number of alkyl halides is 3. The van der Waals surface area contributed by atoms with Crippen LogP contribution in [0.25, 0.3) is 0 Å². The molecule has 0 radical (unpaired) electrons. The largest absolute Gasteiger partial charge is 0.507 e. The lowest BCUT2D eigenvalue weighted by atomic mass is 9.72. The summed E-state index contributed by atoms with van der Waals surface area (Å²) in [5, 5.41) is 46.3. The highest BCUT2D eigenvalue weighted by atomic mass is 19.4. The zero-order chi connectivity index (χ0) is 31.8. The number of aliphatic hydroxyl groups excluding tert-OH is 1. The highest BCUT2D eigenvalue weighted by Gasteiger charge is 2.50. The molecule has 5 N–H and O–H groups in total. The summed E-state index contributed by atoms with van der Waals surface area (Å²) in [4.78, 5) is 55.1. The number of rotatable bonds is 4. The third-order valence-electron chi connectivity index (χ3n) is 8.61. The maximum atomic E-state index is 13.5. The number of pyridine rings is 1. The van der Waals surface area contributed by atoms with E-state index in [0.717, 1.165) is 6.92 Å². The van der Waals surface area contributed by atoms with Gasteiger partial charge in [0.15, 0.2) is 11.6 Å². The van der Waals surface area contributed by atoms with E-state index in [1.165, 1.54) is 12.3 Å². The molecule has 0 saturated heterocycles. The Hall–Kier alpha value is -3.88. The molecule has 5 rings (SSSR count). The number of carbonyl (C=O) groups excluding carboxylic acids is 4. The van der Waals surface area contributed by atoms with Gasteiger partial charge in [-0.05, 0) is 44.2 Å². The molecule has 0 aliphatic heterocycles. The number of halogens is 3. The molecule has 0 bridgehead atoms. The molecule has 1 aromatic heterocycles. The van der Waals surface area contributed by atoms with Crippen molar-refractivity contribution in [2.75, 3.05) is 0 Å². The molecule has 1 amide bonds. The number of aromatic hydroxyl groups is 2. The number of hydrogen-bond donors (Lipinski definition) is 5. The van der Waals surface area contributed by atoms with Crippen LogP contribution in [0, 0.1) is 12.8 Å². The summed E-state index contributed by atoms with van der Waals surface area (Å²) in [5.41, 5.74) is -3.37. The van der Waals surface area contributed by atoms with Gasteiger partial charge in [0.2, 0.25) is 5.78 Å². The summed E-state index contributed by atoms with van der Waals surface area (Å²) in [7, 11) is 0. The van der Waals surface area contributed by atoms with Gasteiger partial charge in [0.1, 0.15) is 22.8 Å². The predicted octanol–water partition coefficient (Wildman–Crippen LogP) is 2.11. The number of benzene rings is 1. The SMILES string of the molecule is CC(=O)C1(O)Cc2c(O)c3c(c(O)c2C(OC2CC(NC(=O)C(F)(F)F)C(O)C[C@@H]2C)C1)C(=O)c1cc(C)cnc1C3=O. The van der Waals surface area contributed by atoms with E-state index in [2.05, 4.69) is 4.98 Å². The van der Waals surface area contributed by atoms with Gasteiger partial charge in [-0.1, -0.05) is 6.92 Å². The molecule has 1 aromatic carbocycles. The summed E-state index contributed by atoms with van der Waals surface area (Å²) in [6, 6.07) is 0.0518. The molecule has 5 unspecified atom stereocenters. The number of fused-ring (bicyclic) bond motifs is 3. The van der Waals surface area contributed by atoms with Crippen LogP contribution in [0.5, 0.6) is 11.5 Å². The fourth-order valence-corrected chi connectivity index (χ4v) is 6.24. The Bertz CT molecular complexity index is 1570. The number of aliphatic hydroxyl groups is 2. The van der Waals surface area contributed by atoms with E-state index in [-0.39, 0.29) is 35.2 Å². The van der Waals surface area contributed by atoms with Crippen molar-refractivity contribution >= 4 is 23.3 Å². The maximum Gasteiger partial charge on any atom is 0.471 e. The van der Waals surface area contributed by atoms with E-state index in [9.17, 15) is 52.8 Å². The average Bonchev–Trinajstić information content (AvgIpc) is 2.91. The van der Waals surface area contributed by atoms with E-state index >= 15 is 0 Å². The maximum absolute atomic E-state index is 13.5. The summed E-state index contributed by atoms with van der Waals surface area (Å²) < 4.78 is 44.9. The highest BCUT2D eigenvalue weighted by Crippen LogP contribution is 2.52. The van der Waals surface area contributed by atoms with Gasteiger partial charge in [-0.2, -0.15) is 13.2 Å². The second-order valence-electron chi connectivity index (χ2n) is 11.6. The van der Waals surface area contributed by atoms with Crippen LogP contribution in [0.4, 0.5) is 13.2 Å². The molecule has 1 fully saturated rings. The van der Waals surface area contributed by atoms with Gasteiger partial charge in [-0.3, -0.25) is 24.2 Å². The normalized spacial score (nSPS) is 28.5. The van der Waals surface area contributed by atoms with Gasteiger partial charge >= 0.3 is 12.1 Å². The third kappa shape index (κ3) is 5.06. The summed E-state index contributed by atoms with van der Waals surface area (Å²) in [5.74, 6) is -6.60. The Morgan fingerprint density at radius 2 is 1.77 bits per heavy atom. The molecule has 3 aliphatic carbocycles. The second-order valence-corrected chi connectivity index (χ2v) is 11.6. The average molecular weight is 607 g/mol. The van der Waals surface area contributed by atoms with Crippen molar-refractivity contribution in [2.24, 2.45) is 5.92 Å². The number of carbonyl (C=O) groups is 4. The Labute approximate surface area is 242 Å². The molecular formula is C29H29F3N2O9. The third-order valence-corrected chi connectivity index (χ3v) is 8.61. The lowest BCUT2D eigenvalue weighted by molar-refractivity contribution is -0.177. The molecule has 14 heteroatoms. The minimum Gasteiger partial charge on any atom is -0.507 e. The molecule has 1 heterocycles. The molecule has 3 aliphatic rings. The number of ketones is 3. The van der Waals surface area contributed by atoms with Crippen LogP contribution in [0.2, 0.25) is 0 Å². The number of ether oxygens (including phenoxy) is 1. The Balaban J connectivity index is 1.59. The molecule has 230 valence electrons. The molecule has 11 nitrogen and oxygen atoms in total. The molecule has 0 spiro atoms. The molecular weight excluding hydrogens is 577 g/mol. The van der Waals surface area contributed by atoms with Crippen molar-refractivity contribution in [2.45, 2.75) is 82.6 Å². The minimum atomic E-state index is -5.20. The Kier molecular flexibility index (Phi) is 7.38. The summed E-state index contributed by atoms with van der Waals surface area (Å²) >= 11 is 0. The summed E-state index contributed by atoms with van der Waals surface area (Å²) in [6.07, 6.45) is -8.93. The van der Waals surface area contributed by atoms with Crippen molar-refractivity contribution in [1.82, 2.24) is 10.3 Å². The van der Waals surface area contributed by atoms with Crippen LogP contribution >= 0.6 is 0 Å². The number of aromatic nitrogens is 1. The van der Waals surface area contributed by atoms with Crippen LogP contribution in [0.1, 0.15) is 87.9 Å². The first-order valence-electron chi connectivity index (χ1n) is 13.6. The predicted molar refractivity (Wildman–Crippen MR) is 140 cm³/mol. The molecule has 6 atom stereocenters. The highest BCUT2D eigenvalue weighted by molar-refractivity contribution is 6.30. The number of amides is 1. The topological polar surface area (TPSA) is 183 Å². The van der Waals surface area contributed by atoms with E-state index in [1.807, 2.05) is 0 Å². The van der Waals surface area contributed by atoms with Crippen LogP contribution in [-0.2, 0) is 20.7 Å². The van der Waals surface area contributed by atoms with E-state index in [4.69, 9.17) is 4.74 Å². The van der Waals surface area contributed by atoms with Gasteiger partial charge in [0, 0.05) is 30.2 Å². The van der Waals surface area contributed by atoms with Crippen molar-refractivity contribution in [3.05, 3.63) is 51.3 Å². The van der Waals surface area contributed by atoms with Crippen molar-refractivity contribution < 1.29 is 57.5 Å².